The molecule has 84 valence electrons. The van der Waals surface area contributed by atoms with Gasteiger partial charge in [0.2, 0.25) is 0 Å². The summed E-state index contributed by atoms with van der Waals surface area (Å²) in [7, 11) is 2.09. The van der Waals surface area contributed by atoms with Crippen molar-refractivity contribution in [1.29, 1.82) is 0 Å². The van der Waals surface area contributed by atoms with Crippen LogP contribution in [0.5, 0.6) is 0 Å². The van der Waals surface area contributed by atoms with Crippen LogP contribution in [0.1, 0.15) is 26.3 Å². The minimum atomic E-state index is 0.482. The summed E-state index contributed by atoms with van der Waals surface area (Å²) in [5.41, 5.74) is 1.22. The van der Waals surface area contributed by atoms with E-state index in [2.05, 4.69) is 60.6 Å². The van der Waals surface area contributed by atoms with Gasteiger partial charge in [0.15, 0.2) is 0 Å². The largest absolute Gasteiger partial charge is 0.356 e. The van der Waals surface area contributed by atoms with Gasteiger partial charge in [-0.05, 0) is 47.3 Å². The van der Waals surface area contributed by atoms with Crippen molar-refractivity contribution in [3.63, 3.8) is 0 Å². The summed E-state index contributed by atoms with van der Waals surface area (Å²) in [4.78, 5) is 6.65. The van der Waals surface area contributed by atoms with Crippen LogP contribution in [-0.4, -0.2) is 18.1 Å². The van der Waals surface area contributed by atoms with Crippen LogP contribution in [0.15, 0.2) is 16.7 Å². The minimum Gasteiger partial charge on any atom is -0.356 e. The van der Waals surface area contributed by atoms with E-state index < -0.39 is 0 Å². The molecule has 0 saturated heterocycles. The number of aryl methyl sites for hydroxylation is 1. The van der Waals surface area contributed by atoms with Gasteiger partial charge in [-0.2, -0.15) is 0 Å². The molecule has 0 aliphatic carbocycles. The fourth-order valence-corrected chi connectivity index (χ4v) is 1.93. The Kier molecular flexibility index (Phi) is 4.14. The van der Waals surface area contributed by atoms with Crippen LogP contribution < -0.4 is 4.90 Å². The SMILES string of the molecule is Cc1ccnc(N(C)C(C)C(C)C)c1Br. The summed E-state index contributed by atoms with van der Waals surface area (Å²) in [6, 6.07) is 2.50. The summed E-state index contributed by atoms with van der Waals surface area (Å²) < 4.78 is 1.10. The Morgan fingerprint density at radius 2 is 1.93 bits per heavy atom. The van der Waals surface area contributed by atoms with Gasteiger partial charge in [-0.3, -0.25) is 0 Å². The molecular formula is C12H19BrN2. The van der Waals surface area contributed by atoms with E-state index in [0.717, 1.165) is 10.3 Å². The van der Waals surface area contributed by atoms with Gasteiger partial charge >= 0.3 is 0 Å². The second-order valence-electron chi connectivity index (χ2n) is 4.36. The number of pyridine rings is 1. The molecule has 3 heteroatoms. The van der Waals surface area contributed by atoms with E-state index in [1.165, 1.54) is 5.56 Å². The number of hydrogen-bond donors (Lipinski definition) is 0. The minimum absolute atomic E-state index is 0.482. The lowest BCUT2D eigenvalue weighted by molar-refractivity contribution is 0.502. The third-order valence-electron chi connectivity index (χ3n) is 2.97. The third kappa shape index (κ3) is 2.71. The van der Waals surface area contributed by atoms with Crippen molar-refractivity contribution < 1.29 is 0 Å². The second-order valence-corrected chi connectivity index (χ2v) is 5.15. The molecule has 1 aromatic heterocycles. The monoisotopic (exact) mass is 270 g/mol. The Hall–Kier alpha value is -0.570. The van der Waals surface area contributed by atoms with Crippen LogP contribution in [0.3, 0.4) is 0 Å². The van der Waals surface area contributed by atoms with Gasteiger partial charge in [0.05, 0.1) is 4.47 Å². The van der Waals surface area contributed by atoms with E-state index in [0.29, 0.717) is 12.0 Å². The van der Waals surface area contributed by atoms with Gasteiger partial charge in [-0.15, -0.1) is 0 Å². The molecule has 1 atom stereocenters. The highest BCUT2D eigenvalue weighted by Crippen LogP contribution is 2.28. The molecule has 0 saturated carbocycles. The maximum absolute atomic E-state index is 4.42. The van der Waals surface area contributed by atoms with E-state index in [1.807, 2.05) is 12.3 Å². The summed E-state index contributed by atoms with van der Waals surface area (Å²) in [5.74, 6) is 1.64. The topological polar surface area (TPSA) is 16.1 Å². The van der Waals surface area contributed by atoms with Crippen LogP contribution in [0, 0.1) is 12.8 Å². The van der Waals surface area contributed by atoms with E-state index >= 15 is 0 Å². The highest BCUT2D eigenvalue weighted by molar-refractivity contribution is 9.10. The molecule has 0 aliphatic rings. The highest BCUT2D eigenvalue weighted by atomic mass is 79.9. The molecule has 0 amide bonds. The maximum atomic E-state index is 4.42. The smallest absolute Gasteiger partial charge is 0.143 e. The zero-order valence-corrected chi connectivity index (χ0v) is 11.7. The quantitative estimate of drug-likeness (QED) is 0.834. The molecule has 0 N–H and O–H groups in total. The molecule has 1 rings (SSSR count). The Bertz CT molecular complexity index is 336. The molecular weight excluding hydrogens is 252 g/mol. The Morgan fingerprint density at radius 1 is 1.33 bits per heavy atom. The molecule has 0 aromatic carbocycles. The van der Waals surface area contributed by atoms with Crippen LogP contribution in [0.4, 0.5) is 5.82 Å². The molecule has 1 unspecified atom stereocenters. The van der Waals surface area contributed by atoms with Gasteiger partial charge in [0.25, 0.3) is 0 Å². The number of anilines is 1. The molecule has 15 heavy (non-hydrogen) atoms. The number of hydrogen-bond acceptors (Lipinski definition) is 2. The van der Waals surface area contributed by atoms with E-state index in [-0.39, 0.29) is 0 Å². The van der Waals surface area contributed by atoms with Crippen molar-refractivity contribution in [1.82, 2.24) is 4.98 Å². The van der Waals surface area contributed by atoms with Crippen molar-refractivity contribution in [3.05, 3.63) is 22.3 Å². The lowest BCUT2D eigenvalue weighted by Gasteiger charge is -2.30. The number of rotatable bonds is 3. The zero-order valence-electron chi connectivity index (χ0n) is 10.1. The van der Waals surface area contributed by atoms with Crippen LogP contribution in [0.2, 0.25) is 0 Å². The summed E-state index contributed by atoms with van der Waals surface area (Å²) >= 11 is 3.59. The molecule has 2 nitrogen and oxygen atoms in total. The molecule has 0 radical (unpaired) electrons. The van der Waals surface area contributed by atoms with Crippen LogP contribution in [-0.2, 0) is 0 Å². The van der Waals surface area contributed by atoms with Gasteiger partial charge in [0, 0.05) is 19.3 Å². The Balaban J connectivity index is 3.01. The second kappa shape index (κ2) is 4.97. The van der Waals surface area contributed by atoms with Crippen molar-refractivity contribution in [3.8, 4) is 0 Å². The molecule has 0 aliphatic heterocycles. The zero-order chi connectivity index (χ0) is 11.6. The van der Waals surface area contributed by atoms with E-state index in [9.17, 15) is 0 Å². The van der Waals surface area contributed by atoms with Gasteiger partial charge in [0.1, 0.15) is 5.82 Å². The van der Waals surface area contributed by atoms with E-state index in [1.54, 1.807) is 0 Å². The van der Waals surface area contributed by atoms with Crippen LogP contribution in [0.25, 0.3) is 0 Å². The first-order valence-corrected chi connectivity index (χ1v) is 6.08. The average molecular weight is 271 g/mol. The first-order valence-electron chi connectivity index (χ1n) is 5.29. The van der Waals surface area contributed by atoms with Gasteiger partial charge in [-0.1, -0.05) is 13.8 Å². The predicted molar refractivity (Wildman–Crippen MR) is 69.4 cm³/mol. The highest BCUT2D eigenvalue weighted by Gasteiger charge is 2.17. The lowest BCUT2D eigenvalue weighted by atomic mass is 10.1. The van der Waals surface area contributed by atoms with Crippen LogP contribution >= 0.6 is 15.9 Å². The number of aromatic nitrogens is 1. The third-order valence-corrected chi connectivity index (χ3v) is 3.95. The number of nitrogens with zero attached hydrogens (tertiary/aromatic N) is 2. The fraction of sp³-hybridized carbons (Fsp3) is 0.583. The lowest BCUT2D eigenvalue weighted by Crippen LogP contribution is -2.34. The van der Waals surface area contributed by atoms with Gasteiger partial charge in [-0.25, -0.2) is 4.98 Å². The maximum Gasteiger partial charge on any atom is 0.143 e. The van der Waals surface area contributed by atoms with Crippen molar-refractivity contribution in [2.24, 2.45) is 5.92 Å². The predicted octanol–water partition coefficient (Wildman–Crippen LogP) is 3.63. The number of halogens is 1. The normalized spacial score (nSPS) is 13.0. The first-order chi connectivity index (χ1) is 6.95. The van der Waals surface area contributed by atoms with Gasteiger partial charge < -0.3 is 4.90 Å². The van der Waals surface area contributed by atoms with E-state index in [4.69, 9.17) is 0 Å². The average Bonchev–Trinajstić information content (AvgIpc) is 2.20. The molecule has 1 aromatic rings. The standard InChI is InChI=1S/C12H19BrN2/c1-8(2)10(4)15(5)12-11(13)9(3)6-7-14-12/h6-8,10H,1-5H3. The van der Waals surface area contributed by atoms with Crippen molar-refractivity contribution in [2.75, 3.05) is 11.9 Å². The summed E-state index contributed by atoms with van der Waals surface area (Å²) in [6.07, 6.45) is 1.86. The first kappa shape index (κ1) is 12.5. The summed E-state index contributed by atoms with van der Waals surface area (Å²) in [6.45, 7) is 8.76. The molecule has 0 spiro atoms. The molecule has 0 bridgehead atoms. The summed E-state index contributed by atoms with van der Waals surface area (Å²) in [5, 5.41) is 0. The molecule has 0 fully saturated rings. The molecule has 1 heterocycles. The Labute approximate surface area is 101 Å². The fourth-order valence-electron chi connectivity index (χ4n) is 1.41. The van der Waals surface area contributed by atoms with Crippen molar-refractivity contribution in [2.45, 2.75) is 33.7 Å². The van der Waals surface area contributed by atoms with Crippen molar-refractivity contribution >= 4 is 21.7 Å². The Morgan fingerprint density at radius 3 is 2.47 bits per heavy atom.